The number of nitrogens with zero attached hydrogens (tertiary/aromatic N) is 3. The lowest BCUT2D eigenvalue weighted by Gasteiger charge is -2.28. The second kappa shape index (κ2) is 16.2. The summed E-state index contributed by atoms with van der Waals surface area (Å²) in [5.74, 6) is -6.82. The van der Waals surface area contributed by atoms with Gasteiger partial charge in [-0.25, -0.2) is 38.9 Å². The number of carboxylic acids is 5. The van der Waals surface area contributed by atoms with Gasteiger partial charge in [-0.2, -0.15) is 0 Å². The van der Waals surface area contributed by atoms with Crippen molar-refractivity contribution in [1.29, 1.82) is 0 Å². The van der Waals surface area contributed by atoms with Gasteiger partial charge in [-0.3, -0.25) is 4.79 Å². The van der Waals surface area contributed by atoms with Crippen molar-refractivity contribution < 1.29 is 54.3 Å². The highest BCUT2D eigenvalue weighted by Gasteiger charge is 2.32. The molecule has 0 spiro atoms. The Labute approximate surface area is 343 Å². The van der Waals surface area contributed by atoms with Gasteiger partial charge >= 0.3 is 29.8 Å². The number of aldehydes is 1. The summed E-state index contributed by atoms with van der Waals surface area (Å²) in [7, 11) is 0. The first kappa shape index (κ1) is 41.8. The van der Waals surface area contributed by atoms with E-state index in [1.54, 1.807) is 0 Å². The zero-order chi connectivity index (χ0) is 43.9. The van der Waals surface area contributed by atoms with Crippen LogP contribution in [0.1, 0.15) is 96.3 Å². The summed E-state index contributed by atoms with van der Waals surface area (Å²) < 4.78 is 0. The van der Waals surface area contributed by atoms with Gasteiger partial charge in [-0.15, -0.1) is 0 Å². The molecule has 300 valence electrons. The molecule has 0 fully saturated rings. The Bertz CT molecular complexity index is 2600. The number of hydrogen-bond donors (Lipinski definition) is 5. The molecule has 60 heavy (non-hydrogen) atoms. The molecular formula is C45H36BN3O11. The van der Waals surface area contributed by atoms with Crippen molar-refractivity contribution in [2.75, 3.05) is 0 Å². The summed E-state index contributed by atoms with van der Waals surface area (Å²) in [6.45, 7) is 11.0. The monoisotopic (exact) mass is 805 g/mol. The number of carbonyl (C=O) groups excluding carboxylic acids is 1. The van der Waals surface area contributed by atoms with Crippen LogP contribution in [0.3, 0.4) is 0 Å². The zero-order valence-corrected chi connectivity index (χ0v) is 33.1. The summed E-state index contributed by atoms with van der Waals surface area (Å²) in [6, 6.07) is 19.4. The Morgan fingerprint density at radius 2 is 0.600 bits per heavy atom. The van der Waals surface area contributed by atoms with Crippen molar-refractivity contribution in [2.24, 2.45) is 0 Å². The molecule has 3 aromatic carbocycles. The van der Waals surface area contributed by atoms with Crippen molar-refractivity contribution in [2.45, 2.75) is 41.5 Å². The highest BCUT2D eigenvalue weighted by Crippen LogP contribution is 2.29. The van der Waals surface area contributed by atoms with Gasteiger partial charge in [-0.05, 0) is 111 Å². The summed E-state index contributed by atoms with van der Waals surface area (Å²) in [5, 5.41) is 48.6. The van der Waals surface area contributed by atoms with Crippen molar-refractivity contribution in [3.63, 3.8) is 0 Å². The van der Waals surface area contributed by atoms with Gasteiger partial charge in [0.25, 0.3) is 0 Å². The maximum atomic E-state index is 11.9. The molecule has 3 aromatic heterocycles. The fraction of sp³-hybridized carbons (Fsp3) is 0.133. The number of rotatable bonds is 12. The van der Waals surface area contributed by atoms with E-state index in [2.05, 4.69) is 15.0 Å². The lowest BCUT2D eigenvalue weighted by Crippen LogP contribution is -2.57. The molecule has 0 unspecified atom stereocenters. The summed E-state index contributed by atoms with van der Waals surface area (Å²) in [6.07, 6.45) is 0.484. The van der Waals surface area contributed by atoms with Crippen LogP contribution in [0.2, 0.25) is 0 Å². The van der Waals surface area contributed by atoms with Crippen molar-refractivity contribution in [3.8, 4) is 33.4 Å². The van der Waals surface area contributed by atoms with E-state index in [1.807, 2.05) is 77.9 Å². The van der Waals surface area contributed by atoms with E-state index in [0.717, 1.165) is 49.8 Å². The first-order valence-corrected chi connectivity index (χ1v) is 18.3. The summed E-state index contributed by atoms with van der Waals surface area (Å²) >= 11 is 0. The first-order chi connectivity index (χ1) is 28.3. The molecular weight excluding hydrogens is 769 g/mol. The van der Waals surface area contributed by atoms with Crippen LogP contribution in [0.4, 0.5) is 0 Å². The molecule has 0 radical (unpaired) electrons. The number of carbonyl (C=O) groups is 6. The van der Waals surface area contributed by atoms with Gasteiger partial charge in [0, 0.05) is 0 Å². The largest absolute Gasteiger partial charge is 0.477 e. The van der Waals surface area contributed by atoms with E-state index >= 15 is 0 Å². The van der Waals surface area contributed by atoms with Crippen LogP contribution in [-0.2, 0) is 0 Å². The van der Waals surface area contributed by atoms with E-state index in [0.29, 0.717) is 39.7 Å². The van der Waals surface area contributed by atoms with Gasteiger partial charge < -0.3 is 25.5 Å². The molecule has 6 rings (SSSR count). The third-order valence-electron chi connectivity index (χ3n) is 10.4. The molecule has 15 heteroatoms. The maximum Gasteiger partial charge on any atom is 0.354 e. The highest BCUT2D eigenvalue weighted by molar-refractivity contribution is 6.97. The van der Waals surface area contributed by atoms with Gasteiger partial charge in [0.05, 0.1) is 0 Å². The molecule has 14 nitrogen and oxygen atoms in total. The van der Waals surface area contributed by atoms with Gasteiger partial charge in [0.15, 0.2) is 6.29 Å². The number of aromatic nitrogens is 3. The highest BCUT2D eigenvalue weighted by atomic mass is 16.4. The second-order valence-corrected chi connectivity index (χ2v) is 14.6. The van der Waals surface area contributed by atoms with E-state index in [1.165, 1.54) is 36.4 Å². The molecule has 5 N–H and O–H groups in total. The van der Waals surface area contributed by atoms with Crippen LogP contribution in [0.5, 0.6) is 0 Å². The number of pyridine rings is 3. The number of aromatic carboxylic acids is 5. The third kappa shape index (κ3) is 8.14. The van der Waals surface area contributed by atoms with Gasteiger partial charge in [0.1, 0.15) is 34.2 Å². The predicted octanol–water partition coefficient (Wildman–Crippen LogP) is 5.54. The molecule has 0 saturated heterocycles. The fourth-order valence-corrected chi connectivity index (χ4v) is 7.94. The SMILES string of the molecule is Cc1cc(-c2cc(C=O)nc(C(=O)O)c2)cc(C)c1B(c1c(C)cc(-c2cc(C(=O)O)nc(C(=O)O)c2)cc1C)c1c(C)cc(-c2cc(C(=O)O)nc(C(=O)O)c2)cc1C. The Morgan fingerprint density at radius 3 is 0.833 bits per heavy atom. The van der Waals surface area contributed by atoms with Crippen molar-refractivity contribution in [1.82, 2.24) is 15.0 Å². The van der Waals surface area contributed by atoms with E-state index < -0.39 is 59.3 Å². The molecule has 0 atom stereocenters. The third-order valence-corrected chi connectivity index (χ3v) is 10.4. The van der Waals surface area contributed by atoms with Gasteiger partial charge in [0.2, 0.25) is 6.71 Å². The molecule has 3 heterocycles. The van der Waals surface area contributed by atoms with Crippen LogP contribution in [0, 0.1) is 41.5 Å². The number of hydrogen-bond acceptors (Lipinski definition) is 9. The normalized spacial score (nSPS) is 10.9. The summed E-state index contributed by atoms with van der Waals surface area (Å²) in [4.78, 5) is 82.8. The first-order valence-electron chi connectivity index (χ1n) is 18.3. The zero-order valence-electron chi connectivity index (χ0n) is 33.1. The quantitative estimate of drug-likeness (QED) is 0.0754. The van der Waals surface area contributed by atoms with E-state index in [9.17, 15) is 54.3 Å². The van der Waals surface area contributed by atoms with E-state index in [-0.39, 0.29) is 11.4 Å². The molecule has 0 aliphatic heterocycles. The topological polar surface area (TPSA) is 242 Å². The van der Waals surface area contributed by atoms with E-state index in [4.69, 9.17) is 0 Å². The van der Waals surface area contributed by atoms with Crippen molar-refractivity contribution in [3.05, 3.63) is 140 Å². The Balaban J connectivity index is 1.62. The second-order valence-electron chi connectivity index (χ2n) is 14.6. The average molecular weight is 806 g/mol. The lowest BCUT2D eigenvalue weighted by atomic mass is 9.33. The van der Waals surface area contributed by atoms with Crippen LogP contribution in [-0.4, -0.2) is 83.3 Å². The number of aryl methyl sites for hydroxylation is 6. The number of carboxylic acid groups (broad SMARTS) is 5. The average Bonchev–Trinajstić information content (AvgIpc) is 3.18. The Morgan fingerprint density at radius 1 is 0.383 bits per heavy atom. The molecule has 0 bridgehead atoms. The minimum absolute atomic E-state index is 0.0415. The maximum absolute atomic E-state index is 11.9. The fourth-order valence-electron chi connectivity index (χ4n) is 7.94. The predicted molar refractivity (Wildman–Crippen MR) is 222 cm³/mol. The van der Waals surface area contributed by atoms with Crippen molar-refractivity contribution >= 4 is 59.2 Å². The molecule has 0 aliphatic carbocycles. The molecule has 0 saturated carbocycles. The van der Waals surface area contributed by atoms with Gasteiger partial charge in [-0.1, -0.05) is 86.2 Å². The molecule has 0 aliphatic rings. The van der Waals surface area contributed by atoms with Crippen LogP contribution < -0.4 is 16.4 Å². The van der Waals surface area contributed by atoms with Crippen LogP contribution >= 0.6 is 0 Å². The standard InChI is InChI=1S/C45H36BN3O11/c1-20-7-26(29-13-32(19-50)47-33(14-29)41(51)52)8-21(2)38(20)46(39-22(3)9-27(10-23(39)4)30-15-34(42(53)54)48-35(16-30)43(55)56)40-24(5)11-28(12-25(40)6)31-17-36(44(57)58)49-37(18-31)45(59)60/h7-19H,1-6H3,(H,51,52)(H,53,54)(H,55,56)(H,57,58)(H,59,60). The minimum atomic E-state index is -1.38. The lowest BCUT2D eigenvalue weighted by molar-refractivity contribution is 0.0664. The van der Waals surface area contributed by atoms with Crippen LogP contribution in [0.25, 0.3) is 33.4 Å². The smallest absolute Gasteiger partial charge is 0.354 e. The van der Waals surface area contributed by atoms with Crippen LogP contribution in [0.15, 0.2) is 72.8 Å². The number of benzene rings is 3. The molecule has 0 amide bonds. The Kier molecular flexibility index (Phi) is 11.3. The minimum Gasteiger partial charge on any atom is -0.477 e. The Hall–Kier alpha value is -7.81. The molecule has 6 aromatic rings. The summed E-state index contributed by atoms with van der Waals surface area (Å²) in [5.41, 5.74) is 8.34.